The van der Waals surface area contributed by atoms with E-state index < -0.39 is 35.8 Å². The van der Waals surface area contributed by atoms with Gasteiger partial charge in [-0.15, -0.1) is 26.8 Å². The fraction of sp³-hybridized carbons (Fsp3) is 1.00. The number of halogens is 8. The van der Waals surface area contributed by atoms with E-state index in [2.05, 4.69) is 42.9 Å². The quantitative estimate of drug-likeness (QED) is 0.134. The smallest absolute Gasteiger partial charge is 0.389 e. The first-order valence-corrected chi connectivity index (χ1v) is 25.5. The molecular weight excluding hydrogens is 695 g/mol. The minimum atomic E-state index is -4.38. The molecule has 0 aromatic rings. The van der Waals surface area contributed by atoms with Gasteiger partial charge in [0, 0.05) is 13.8 Å². The molecule has 3 nitrogen and oxygen atoms in total. The zero-order chi connectivity index (χ0) is 31.1. The van der Waals surface area contributed by atoms with Crippen LogP contribution in [0.5, 0.6) is 0 Å². The lowest BCUT2D eigenvalue weighted by Crippen LogP contribution is -2.41. The van der Waals surface area contributed by atoms with Crippen LogP contribution in [0, 0.1) is 0 Å². The summed E-state index contributed by atoms with van der Waals surface area (Å²) in [5.41, 5.74) is 0. The van der Waals surface area contributed by atoms with Gasteiger partial charge in [-0.3, -0.25) is 0 Å². The second-order valence-corrected chi connectivity index (χ2v) is 28.3. The number of hydrogen-bond acceptors (Lipinski definition) is 3. The van der Waals surface area contributed by atoms with E-state index in [0.29, 0.717) is 0 Å². The van der Waals surface area contributed by atoms with Crippen LogP contribution in [0.3, 0.4) is 0 Å². The Bertz CT molecular complexity index is 546. The van der Waals surface area contributed by atoms with Crippen LogP contribution in [0.2, 0.25) is 0 Å². The van der Waals surface area contributed by atoms with E-state index in [-0.39, 0.29) is 59.7 Å². The van der Waals surface area contributed by atoms with Gasteiger partial charge in [0.05, 0.1) is 17.5 Å². The van der Waals surface area contributed by atoms with Crippen LogP contribution < -0.4 is 0 Å². The Labute approximate surface area is 238 Å². The highest BCUT2D eigenvalue weighted by atomic mass is 32.0. The van der Waals surface area contributed by atoms with E-state index in [9.17, 15) is 35.1 Å². The van der Waals surface area contributed by atoms with Crippen molar-refractivity contribution in [3.05, 3.63) is 0 Å². The molecule has 0 amide bonds. The second kappa shape index (κ2) is 21.8. The Hall–Kier alpha value is 3.19. The van der Waals surface area contributed by atoms with E-state index in [1.165, 1.54) is 19.8 Å². The number of alkyl halides is 8. The number of aliphatic hydroxyl groups is 1. The van der Waals surface area contributed by atoms with Crippen LogP contribution in [-0.2, 0) is 9.47 Å². The molecule has 0 bridgehead atoms. The maximum Gasteiger partial charge on any atom is 0.419 e. The van der Waals surface area contributed by atoms with E-state index in [1.54, 1.807) is 0 Å². The average Bonchev–Trinajstić information content (AvgIpc) is 2.68. The van der Waals surface area contributed by atoms with Gasteiger partial charge in [0.25, 0.3) is 0 Å². The molecule has 0 heterocycles. The maximum atomic E-state index is 12.7. The summed E-state index contributed by atoms with van der Waals surface area (Å²) in [6.45, 7) is 11.1. The van der Waals surface area contributed by atoms with E-state index in [1.807, 2.05) is 20.3 Å². The molecule has 20 heteroatoms. The highest BCUT2D eigenvalue weighted by Crippen LogP contribution is 2.49. The first-order valence-electron chi connectivity index (χ1n) is 10.9. The summed E-state index contributed by atoms with van der Waals surface area (Å²) >= 11 is 0. The SMILES string of the molecule is CC(O)PCP(C)P.CC(OC(F)(F)C(C)(F)F)PCP(C)P.CC(OC(F)(F)C(C)(F)F)PCP(C)P. The van der Waals surface area contributed by atoms with Crippen molar-refractivity contribution in [1.29, 1.82) is 0 Å². The van der Waals surface area contributed by atoms with Gasteiger partial charge in [-0.25, -0.2) is 0 Å². The molecule has 0 spiro atoms. The Balaban J connectivity index is -0.000000508. The normalized spacial score (nSPS) is 18.6. The van der Waals surface area contributed by atoms with Crippen LogP contribution in [0.4, 0.5) is 35.1 Å². The Morgan fingerprint density at radius 1 is 0.632 bits per heavy atom. The van der Waals surface area contributed by atoms with Gasteiger partial charge in [-0.1, -0.05) is 48.6 Å². The third kappa shape index (κ3) is 26.8. The summed E-state index contributed by atoms with van der Waals surface area (Å²) in [6, 6.07) is 0. The molecule has 0 aromatic carbocycles. The molecule has 0 radical (unpaired) electrons. The molecule has 12 atom stereocenters. The lowest BCUT2D eigenvalue weighted by atomic mass is 10.4. The summed E-state index contributed by atoms with van der Waals surface area (Å²) in [6.07, 6.45) is -8.76. The topological polar surface area (TPSA) is 38.7 Å². The van der Waals surface area contributed by atoms with Gasteiger partial charge < -0.3 is 14.6 Å². The minimum absolute atomic E-state index is 0.0829. The average molecular weight is 738 g/mol. The minimum Gasteiger partial charge on any atom is -0.389 e. The predicted octanol–water partition coefficient (Wildman–Crippen LogP) is 10.1. The van der Waals surface area contributed by atoms with Crippen molar-refractivity contribution in [1.82, 2.24) is 0 Å². The van der Waals surface area contributed by atoms with Crippen molar-refractivity contribution in [2.75, 3.05) is 37.7 Å². The van der Waals surface area contributed by atoms with Crippen molar-refractivity contribution in [3.63, 3.8) is 0 Å². The molecule has 0 saturated heterocycles. The highest BCUT2D eigenvalue weighted by Gasteiger charge is 2.55. The fourth-order valence-corrected chi connectivity index (χ4v) is 11.4. The first-order chi connectivity index (χ1) is 16.7. The Morgan fingerprint density at radius 3 is 1.03 bits per heavy atom. The molecular formula is C18H43F8O3P9. The molecule has 234 valence electrons. The number of aliphatic hydroxyl groups excluding tert-OH is 1. The van der Waals surface area contributed by atoms with Gasteiger partial charge in [-0.2, -0.15) is 35.1 Å². The van der Waals surface area contributed by atoms with Crippen LogP contribution in [-0.4, -0.2) is 84.4 Å². The van der Waals surface area contributed by atoms with E-state index in [4.69, 9.17) is 5.11 Å². The van der Waals surface area contributed by atoms with Crippen molar-refractivity contribution < 1.29 is 49.7 Å². The summed E-state index contributed by atoms with van der Waals surface area (Å²) in [7, 11) is 8.46. The zero-order valence-corrected chi connectivity index (χ0v) is 31.9. The monoisotopic (exact) mass is 738 g/mol. The van der Waals surface area contributed by atoms with Gasteiger partial charge in [0.1, 0.15) is 0 Å². The maximum absolute atomic E-state index is 12.7. The van der Waals surface area contributed by atoms with Crippen LogP contribution >= 0.6 is 75.4 Å². The third-order valence-corrected chi connectivity index (χ3v) is 18.6. The molecule has 38 heavy (non-hydrogen) atoms. The van der Waals surface area contributed by atoms with Crippen molar-refractivity contribution in [2.24, 2.45) is 0 Å². The van der Waals surface area contributed by atoms with Crippen LogP contribution in [0.25, 0.3) is 0 Å². The second-order valence-electron chi connectivity index (χ2n) is 8.36. The Morgan fingerprint density at radius 2 is 0.868 bits per heavy atom. The highest BCUT2D eigenvalue weighted by molar-refractivity contribution is 8.15. The molecule has 0 aliphatic rings. The summed E-state index contributed by atoms with van der Waals surface area (Å²) in [5.74, 6) is -7.38. The van der Waals surface area contributed by atoms with Crippen LogP contribution in [0.15, 0.2) is 0 Å². The molecule has 0 aromatic heterocycles. The zero-order valence-electron chi connectivity index (χ0n) is 22.7. The summed E-state index contributed by atoms with van der Waals surface area (Å²) in [4.78, 5) is 0. The Kier molecular flexibility index (Phi) is 26.2. The number of hydrogen-bond donors (Lipinski definition) is 1. The summed E-state index contributed by atoms with van der Waals surface area (Å²) < 4.78 is 109. The lowest BCUT2D eigenvalue weighted by molar-refractivity contribution is -0.344. The van der Waals surface area contributed by atoms with E-state index >= 15 is 0 Å². The number of ether oxygens (including phenoxy) is 2. The van der Waals surface area contributed by atoms with Gasteiger partial charge in [0.2, 0.25) is 0 Å². The van der Waals surface area contributed by atoms with Crippen molar-refractivity contribution in [2.45, 2.75) is 76.2 Å². The lowest BCUT2D eigenvalue weighted by Gasteiger charge is -2.26. The van der Waals surface area contributed by atoms with Gasteiger partial charge in [-0.05, 0) is 58.5 Å². The van der Waals surface area contributed by atoms with Gasteiger partial charge >= 0.3 is 24.1 Å². The molecule has 0 saturated carbocycles. The number of rotatable bonds is 15. The third-order valence-electron chi connectivity index (χ3n) is 3.56. The largest absolute Gasteiger partial charge is 0.419 e. The standard InChI is InChI=1S/2C7H15F4OP3.C4H13OP3/c2*1-5(14-4-15(3)13)12-7(10,11)6(2,8)9;1-4(5)7-3-8(2)6/h2*5,14H,4,13H2,1-3H3;4-5,7H,3,6H2,1-2H3. The summed E-state index contributed by atoms with van der Waals surface area (Å²) in [5, 5.41) is 8.81. The van der Waals surface area contributed by atoms with Gasteiger partial charge in [0.15, 0.2) is 0 Å². The molecule has 0 rings (SSSR count). The molecule has 0 aliphatic heterocycles. The first kappa shape index (κ1) is 45.6. The van der Waals surface area contributed by atoms with Crippen molar-refractivity contribution >= 4 is 75.4 Å². The molecule has 1 N–H and O–H groups in total. The molecule has 0 fully saturated rings. The van der Waals surface area contributed by atoms with Crippen molar-refractivity contribution in [3.8, 4) is 0 Å². The van der Waals surface area contributed by atoms with Crippen LogP contribution in [0.1, 0.15) is 34.6 Å². The molecule has 0 aliphatic carbocycles. The molecule has 12 unspecified atom stereocenters. The fourth-order valence-electron chi connectivity index (χ4n) is 1.56. The predicted molar refractivity (Wildman–Crippen MR) is 171 cm³/mol. The van der Waals surface area contributed by atoms with E-state index in [0.717, 1.165) is 20.4 Å².